The molecule has 0 aromatic heterocycles. The fraction of sp³-hybridized carbons (Fsp3) is 0.438. The van der Waals surface area contributed by atoms with Crippen LogP contribution in [-0.2, 0) is 15.1 Å². The Balaban J connectivity index is 1.79. The number of benzene rings is 1. The van der Waals surface area contributed by atoms with Gasteiger partial charge in [0.05, 0.1) is 0 Å². The second-order valence-electron chi connectivity index (χ2n) is 5.77. The number of imide groups is 1. The zero-order valence-corrected chi connectivity index (χ0v) is 12.3. The molecule has 2 saturated heterocycles. The summed E-state index contributed by atoms with van der Waals surface area (Å²) in [5.41, 5.74) is -0.444. The molecule has 1 atom stereocenters. The largest absolute Gasteiger partial charge is 0.343 e. The average molecular weight is 301 g/mol. The number of likely N-dealkylation sites (tertiary alicyclic amines) is 1. The molecule has 116 valence electrons. The molecule has 0 aliphatic carbocycles. The molecule has 4 amide bonds. The molecule has 0 bridgehead atoms. The van der Waals surface area contributed by atoms with Gasteiger partial charge in [-0.15, -0.1) is 0 Å². The van der Waals surface area contributed by atoms with E-state index in [1.807, 2.05) is 23.1 Å². The standard InChI is InChI=1S/C16H19N3O3/c20-13(19-10-4-5-11-19)8-9-16(12-6-2-1-3-7-12)14(21)17-15(22)18-16/h1-3,6-7H,4-5,8-11H2,(H2,17,18,21,22). The third-order valence-electron chi connectivity index (χ3n) is 4.38. The van der Waals surface area contributed by atoms with Crippen molar-refractivity contribution in [2.24, 2.45) is 0 Å². The van der Waals surface area contributed by atoms with Crippen molar-refractivity contribution in [1.82, 2.24) is 15.5 Å². The second-order valence-corrected chi connectivity index (χ2v) is 5.77. The van der Waals surface area contributed by atoms with E-state index in [4.69, 9.17) is 0 Å². The zero-order chi connectivity index (χ0) is 15.6. The molecule has 22 heavy (non-hydrogen) atoms. The van der Waals surface area contributed by atoms with Crippen molar-refractivity contribution in [2.45, 2.75) is 31.2 Å². The van der Waals surface area contributed by atoms with Gasteiger partial charge in [-0.05, 0) is 24.8 Å². The number of amides is 4. The first-order chi connectivity index (χ1) is 10.6. The third-order valence-corrected chi connectivity index (χ3v) is 4.38. The summed E-state index contributed by atoms with van der Waals surface area (Å²) in [6.07, 6.45) is 2.58. The quantitative estimate of drug-likeness (QED) is 0.818. The van der Waals surface area contributed by atoms with Crippen LogP contribution in [0.25, 0.3) is 0 Å². The van der Waals surface area contributed by atoms with E-state index in [2.05, 4.69) is 10.6 Å². The highest BCUT2D eigenvalue weighted by Gasteiger charge is 2.47. The van der Waals surface area contributed by atoms with Gasteiger partial charge in [-0.2, -0.15) is 0 Å². The number of nitrogens with zero attached hydrogens (tertiary/aromatic N) is 1. The van der Waals surface area contributed by atoms with Crippen LogP contribution < -0.4 is 10.6 Å². The molecule has 0 saturated carbocycles. The molecule has 0 radical (unpaired) electrons. The Bertz CT molecular complexity index is 596. The Morgan fingerprint density at radius 1 is 1.14 bits per heavy atom. The van der Waals surface area contributed by atoms with Gasteiger partial charge < -0.3 is 10.2 Å². The Kier molecular flexibility index (Phi) is 3.83. The Hall–Kier alpha value is -2.37. The van der Waals surface area contributed by atoms with Crippen molar-refractivity contribution in [3.05, 3.63) is 35.9 Å². The first kappa shape index (κ1) is 14.6. The second kappa shape index (κ2) is 5.79. The van der Waals surface area contributed by atoms with E-state index in [1.165, 1.54) is 0 Å². The summed E-state index contributed by atoms with van der Waals surface area (Å²) in [4.78, 5) is 38.0. The number of hydrogen-bond acceptors (Lipinski definition) is 3. The van der Waals surface area contributed by atoms with Crippen molar-refractivity contribution < 1.29 is 14.4 Å². The van der Waals surface area contributed by atoms with E-state index in [0.717, 1.165) is 25.9 Å². The Labute approximate surface area is 128 Å². The highest BCUT2D eigenvalue weighted by molar-refractivity contribution is 6.07. The van der Waals surface area contributed by atoms with Crippen molar-refractivity contribution in [2.75, 3.05) is 13.1 Å². The highest BCUT2D eigenvalue weighted by Crippen LogP contribution is 2.30. The summed E-state index contributed by atoms with van der Waals surface area (Å²) in [7, 11) is 0. The lowest BCUT2D eigenvalue weighted by molar-refractivity contribution is -0.131. The number of nitrogens with one attached hydrogen (secondary N) is 2. The molecule has 1 aromatic rings. The predicted molar refractivity (Wildman–Crippen MR) is 79.8 cm³/mol. The van der Waals surface area contributed by atoms with Crippen LogP contribution >= 0.6 is 0 Å². The topological polar surface area (TPSA) is 78.5 Å². The van der Waals surface area contributed by atoms with Crippen LogP contribution in [0.3, 0.4) is 0 Å². The van der Waals surface area contributed by atoms with Gasteiger partial charge in [-0.1, -0.05) is 30.3 Å². The minimum Gasteiger partial charge on any atom is -0.343 e. The smallest absolute Gasteiger partial charge is 0.322 e. The Morgan fingerprint density at radius 3 is 2.41 bits per heavy atom. The zero-order valence-electron chi connectivity index (χ0n) is 12.3. The van der Waals surface area contributed by atoms with Crippen molar-refractivity contribution in [3.8, 4) is 0 Å². The van der Waals surface area contributed by atoms with Crippen LogP contribution in [0.2, 0.25) is 0 Å². The average Bonchev–Trinajstić information content (AvgIpc) is 3.14. The molecule has 2 heterocycles. The molecule has 0 spiro atoms. The molecular weight excluding hydrogens is 282 g/mol. The maximum atomic E-state index is 12.3. The summed E-state index contributed by atoms with van der Waals surface area (Å²) in [6.45, 7) is 1.57. The summed E-state index contributed by atoms with van der Waals surface area (Å²) in [6, 6.07) is 8.56. The van der Waals surface area contributed by atoms with E-state index >= 15 is 0 Å². The van der Waals surface area contributed by atoms with Crippen LogP contribution in [0, 0.1) is 0 Å². The lowest BCUT2D eigenvalue weighted by atomic mass is 9.85. The summed E-state index contributed by atoms with van der Waals surface area (Å²) in [5.74, 6) is -0.348. The molecule has 1 aromatic carbocycles. The summed E-state index contributed by atoms with van der Waals surface area (Å²) in [5, 5.41) is 4.99. The molecule has 3 rings (SSSR count). The lowest BCUT2D eigenvalue weighted by Crippen LogP contribution is -2.44. The molecule has 2 N–H and O–H groups in total. The summed E-state index contributed by atoms with van der Waals surface area (Å²) < 4.78 is 0. The van der Waals surface area contributed by atoms with Gasteiger partial charge >= 0.3 is 6.03 Å². The van der Waals surface area contributed by atoms with Gasteiger partial charge in [0.25, 0.3) is 5.91 Å². The first-order valence-electron chi connectivity index (χ1n) is 7.59. The monoisotopic (exact) mass is 301 g/mol. The third kappa shape index (κ3) is 2.56. The molecule has 6 nitrogen and oxygen atoms in total. The molecule has 6 heteroatoms. The van der Waals surface area contributed by atoms with Crippen molar-refractivity contribution >= 4 is 17.8 Å². The fourth-order valence-electron chi connectivity index (χ4n) is 3.16. The van der Waals surface area contributed by atoms with Crippen LogP contribution in [0.5, 0.6) is 0 Å². The van der Waals surface area contributed by atoms with Crippen LogP contribution in [0.15, 0.2) is 30.3 Å². The lowest BCUT2D eigenvalue weighted by Gasteiger charge is -2.27. The molecule has 1 unspecified atom stereocenters. The van der Waals surface area contributed by atoms with Crippen LogP contribution in [0.4, 0.5) is 4.79 Å². The van der Waals surface area contributed by atoms with Crippen molar-refractivity contribution in [3.63, 3.8) is 0 Å². The number of carbonyl (C=O) groups is 3. The van der Waals surface area contributed by atoms with E-state index in [1.54, 1.807) is 12.1 Å². The Morgan fingerprint density at radius 2 is 1.82 bits per heavy atom. The number of urea groups is 1. The van der Waals surface area contributed by atoms with E-state index in [0.29, 0.717) is 5.56 Å². The minimum absolute atomic E-state index is 0.0433. The van der Waals surface area contributed by atoms with Gasteiger partial charge in [0.1, 0.15) is 5.54 Å². The summed E-state index contributed by atoms with van der Waals surface area (Å²) >= 11 is 0. The SMILES string of the molecule is O=C1NC(=O)C(CCC(=O)N2CCCC2)(c2ccccc2)N1. The molecular formula is C16H19N3O3. The molecule has 2 aliphatic heterocycles. The van der Waals surface area contributed by atoms with E-state index in [-0.39, 0.29) is 18.7 Å². The van der Waals surface area contributed by atoms with Crippen LogP contribution in [0.1, 0.15) is 31.2 Å². The highest BCUT2D eigenvalue weighted by atomic mass is 16.2. The number of hydrogen-bond donors (Lipinski definition) is 2. The van der Waals surface area contributed by atoms with E-state index in [9.17, 15) is 14.4 Å². The molecule has 2 aliphatic rings. The number of carbonyl (C=O) groups excluding carboxylic acids is 3. The van der Waals surface area contributed by atoms with Gasteiger partial charge in [0.15, 0.2) is 0 Å². The number of rotatable bonds is 4. The van der Waals surface area contributed by atoms with Gasteiger partial charge in [-0.3, -0.25) is 14.9 Å². The normalized spacial score (nSPS) is 24.3. The van der Waals surface area contributed by atoms with Gasteiger partial charge in [0.2, 0.25) is 5.91 Å². The minimum atomic E-state index is -1.15. The predicted octanol–water partition coefficient (Wildman–Crippen LogP) is 1.12. The van der Waals surface area contributed by atoms with Crippen LogP contribution in [-0.4, -0.2) is 35.8 Å². The first-order valence-corrected chi connectivity index (χ1v) is 7.59. The van der Waals surface area contributed by atoms with E-state index < -0.39 is 17.5 Å². The maximum Gasteiger partial charge on any atom is 0.322 e. The molecule has 2 fully saturated rings. The maximum absolute atomic E-state index is 12.3. The van der Waals surface area contributed by atoms with Gasteiger partial charge in [-0.25, -0.2) is 4.79 Å². The van der Waals surface area contributed by atoms with Crippen molar-refractivity contribution in [1.29, 1.82) is 0 Å². The fourth-order valence-corrected chi connectivity index (χ4v) is 3.16. The van der Waals surface area contributed by atoms with Gasteiger partial charge in [0, 0.05) is 19.5 Å².